The van der Waals surface area contributed by atoms with Gasteiger partial charge >= 0.3 is 0 Å². The van der Waals surface area contributed by atoms with Crippen molar-refractivity contribution in [2.45, 2.75) is 11.8 Å². The van der Waals surface area contributed by atoms with E-state index in [-0.39, 0.29) is 31.4 Å². The molecule has 0 aliphatic carbocycles. The van der Waals surface area contributed by atoms with Crippen molar-refractivity contribution in [2.75, 3.05) is 23.3 Å². The van der Waals surface area contributed by atoms with Gasteiger partial charge in [-0.2, -0.15) is 0 Å². The Balaban J connectivity index is 2.04. The van der Waals surface area contributed by atoms with E-state index in [0.717, 1.165) is 4.31 Å². The molecule has 33 heavy (non-hydrogen) atoms. The minimum Gasteiger partial charge on any atom is -0.495 e. The Morgan fingerprint density at radius 2 is 1.55 bits per heavy atom. The molecular weight excluding hydrogens is 530 g/mol. The minimum absolute atomic E-state index is 0.0987. The summed E-state index contributed by atoms with van der Waals surface area (Å²) >= 11 is 24.0. The molecule has 0 aliphatic heterocycles. The maximum absolute atomic E-state index is 13.7. The summed E-state index contributed by atoms with van der Waals surface area (Å²) < 4.78 is 33.6. The molecule has 0 saturated carbocycles. The molecule has 3 rings (SSSR count). The van der Waals surface area contributed by atoms with E-state index in [1.807, 2.05) is 0 Å². The number of ether oxygens (including phenoxy) is 1. The first kappa shape index (κ1) is 25.5. The van der Waals surface area contributed by atoms with Crippen LogP contribution >= 0.6 is 46.4 Å². The summed E-state index contributed by atoms with van der Waals surface area (Å²) in [6.45, 7) is 1.19. The number of sulfonamides is 1. The van der Waals surface area contributed by atoms with E-state index in [2.05, 4.69) is 5.32 Å². The van der Waals surface area contributed by atoms with Crippen LogP contribution in [0.2, 0.25) is 20.1 Å². The highest BCUT2D eigenvalue weighted by Gasteiger charge is 2.30. The Morgan fingerprint density at radius 3 is 2.15 bits per heavy atom. The highest BCUT2D eigenvalue weighted by molar-refractivity contribution is 7.93. The molecule has 1 amide bonds. The number of hydrogen-bond donors (Lipinski definition) is 1. The highest BCUT2D eigenvalue weighted by atomic mass is 35.5. The van der Waals surface area contributed by atoms with Crippen LogP contribution in [0.1, 0.15) is 5.56 Å². The fourth-order valence-corrected chi connectivity index (χ4v) is 5.21. The molecule has 11 heteroatoms. The average molecular weight is 548 g/mol. The van der Waals surface area contributed by atoms with Gasteiger partial charge in [0.25, 0.3) is 10.0 Å². The molecule has 0 heterocycles. The number of nitrogens with one attached hydrogen (secondary N) is 1. The Hall–Kier alpha value is -2.16. The molecule has 0 fully saturated rings. The van der Waals surface area contributed by atoms with Crippen LogP contribution in [0, 0.1) is 6.92 Å². The van der Waals surface area contributed by atoms with Crippen molar-refractivity contribution in [1.82, 2.24) is 0 Å². The van der Waals surface area contributed by atoms with Crippen molar-refractivity contribution in [3.63, 3.8) is 0 Å². The van der Waals surface area contributed by atoms with Gasteiger partial charge in [-0.15, -0.1) is 0 Å². The van der Waals surface area contributed by atoms with E-state index in [0.29, 0.717) is 16.3 Å². The van der Waals surface area contributed by atoms with Crippen molar-refractivity contribution in [2.24, 2.45) is 0 Å². The van der Waals surface area contributed by atoms with Gasteiger partial charge in [-0.1, -0.05) is 52.5 Å². The van der Waals surface area contributed by atoms with Crippen LogP contribution in [0.15, 0.2) is 59.5 Å². The maximum atomic E-state index is 13.7. The molecule has 0 saturated heterocycles. The third kappa shape index (κ3) is 5.86. The van der Waals surface area contributed by atoms with Crippen LogP contribution < -0.4 is 14.4 Å². The molecule has 1 N–H and O–H groups in total. The number of carbonyl (C=O) groups is 1. The predicted octanol–water partition coefficient (Wildman–Crippen LogP) is 6.45. The van der Waals surface area contributed by atoms with Gasteiger partial charge in [-0.3, -0.25) is 9.10 Å². The number of hydrogen-bond acceptors (Lipinski definition) is 4. The summed E-state index contributed by atoms with van der Waals surface area (Å²) in [5.74, 6) is -0.481. The van der Waals surface area contributed by atoms with Crippen molar-refractivity contribution in [1.29, 1.82) is 0 Å². The van der Waals surface area contributed by atoms with Gasteiger partial charge in [-0.25, -0.2) is 8.42 Å². The molecule has 0 spiro atoms. The summed E-state index contributed by atoms with van der Waals surface area (Å²) in [6, 6.07) is 13.5. The van der Waals surface area contributed by atoms with Crippen molar-refractivity contribution in [3.8, 4) is 5.75 Å². The normalized spacial score (nSPS) is 11.2. The van der Waals surface area contributed by atoms with Gasteiger partial charge in [0.15, 0.2) is 0 Å². The largest absolute Gasteiger partial charge is 0.495 e. The third-order valence-electron chi connectivity index (χ3n) is 4.57. The third-order valence-corrected chi connectivity index (χ3v) is 7.84. The monoisotopic (exact) mass is 546 g/mol. The number of amides is 1. The van der Waals surface area contributed by atoms with E-state index >= 15 is 0 Å². The summed E-state index contributed by atoms with van der Waals surface area (Å²) in [4.78, 5) is 12.8. The predicted molar refractivity (Wildman–Crippen MR) is 134 cm³/mol. The van der Waals surface area contributed by atoms with E-state index < -0.39 is 22.5 Å². The molecule has 0 unspecified atom stereocenters. The number of methoxy groups -OCH3 is 1. The highest BCUT2D eigenvalue weighted by Crippen LogP contribution is 2.34. The zero-order valence-electron chi connectivity index (χ0n) is 17.4. The SMILES string of the molecule is COc1ccc(C)cc1S(=O)(=O)N(CC(=O)Nc1ccc(Cl)c(Cl)c1)c1ccc(Cl)c(Cl)c1. The zero-order chi connectivity index (χ0) is 24.3. The van der Waals surface area contributed by atoms with Crippen LogP contribution in [0.4, 0.5) is 11.4 Å². The topological polar surface area (TPSA) is 75.7 Å². The Morgan fingerprint density at radius 1 is 0.909 bits per heavy atom. The summed E-state index contributed by atoms with van der Waals surface area (Å²) in [6.07, 6.45) is 0. The Kier molecular flexibility index (Phi) is 8.03. The van der Waals surface area contributed by atoms with Crippen LogP contribution in [0.3, 0.4) is 0 Å². The second-order valence-electron chi connectivity index (χ2n) is 6.94. The molecule has 0 atom stereocenters. The molecular formula is C22H18Cl4N2O4S. The first-order chi connectivity index (χ1) is 15.5. The lowest BCUT2D eigenvalue weighted by molar-refractivity contribution is -0.114. The summed E-state index contributed by atoms with van der Waals surface area (Å²) in [7, 11) is -2.89. The second-order valence-corrected chi connectivity index (χ2v) is 10.4. The minimum atomic E-state index is -4.25. The van der Waals surface area contributed by atoms with Gasteiger partial charge in [0.1, 0.15) is 17.2 Å². The number of benzene rings is 3. The first-order valence-electron chi connectivity index (χ1n) is 9.40. The summed E-state index contributed by atoms with van der Waals surface area (Å²) in [5, 5.41) is 3.56. The van der Waals surface area contributed by atoms with E-state index in [9.17, 15) is 13.2 Å². The number of rotatable bonds is 7. The molecule has 174 valence electrons. The molecule has 0 aliphatic rings. The van der Waals surface area contributed by atoms with Crippen LogP contribution in [0.25, 0.3) is 0 Å². The molecule has 0 aromatic heterocycles. The van der Waals surface area contributed by atoms with E-state index in [4.69, 9.17) is 51.1 Å². The number of aryl methyl sites for hydroxylation is 1. The Bertz CT molecular complexity index is 1320. The second kappa shape index (κ2) is 10.4. The average Bonchev–Trinajstić information content (AvgIpc) is 2.76. The summed E-state index contributed by atoms with van der Waals surface area (Å²) in [5.41, 5.74) is 1.20. The number of nitrogens with zero attached hydrogens (tertiary/aromatic N) is 1. The standard InChI is InChI=1S/C22H18Cl4N2O4S/c1-13-3-8-20(32-2)21(9-13)33(30,31)28(15-5-7-17(24)19(26)11-15)12-22(29)27-14-4-6-16(23)18(25)10-14/h3-11H,12H2,1-2H3,(H,27,29). The van der Waals surface area contributed by atoms with Crippen molar-refractivity contribution >= 4 is 73.7 Å². The van der Waals surface area contributed by atoms with Crippen LogP contribution in [-0.4, -0.2) is 28.0 Å². The first-order valence-corrected chi connectivity index (χ1v) is 12.4. The van der Waals surface area contributed by atoms with Crippen molar-refractivity contribution < 1.29 is 17.9 Å². The van der Waals surface area contributed by atoms with Gasteiger partial charge in [0.05, 0.1) is 32.9 Å². The molecule has 0 bridgehead atoms. The van der Waals surface area contributed by atoms with Crippen molar-refractivity contribution in [3.05, 3.63) is 80.3 Å². The quantitative estimate of drug-likeness (QED) is 0.368. The number of anilines is 2. The lowest BCUT2D eigenvalue weighted by Gasteiger charge is -2.25. The fraction of sp³-hybridized carbons (Fsp3) is 0.136. The lowest BCUT2D eigenvalue weighted by atomic mass is 10.2. The number of halogens is 4. The molecule has 3 aromatic carbocycles. The van der Waals surface area contributed by atoms with Gasteiger partial charge in [0.2, 0.25) is 5.91 Å². The molecule has 0 radical (unpaired) electrons. The Labute approximate surface area is 212 Å². The van der Waals surface area contributed by atoms with Crippen LogP contribution in [0.5, 0.6) is 5.75 Å². The van der Waals surface area contributed by atoms with E-state index in [1.54, 1.807) is 25.1 Å². The van der Waals surface area contributed by atoms with Gasteiger partial charge in [-0.05, 0) is 61.0 Å². The molecule has 3 aromatic rings. The van der Waals surface area contributed by atoms with Gasteiger partial charge in [0, 0.05) is 5.69 Å². The fourth-order valence-electron chi connectivity index (χ4n) is 2.96. The smallest absolute Gasteiger partial charge is 0.268 e. The zero-order valence-corrected chi connectivity index (χ0v) is 21.2. The van der Waals surface area contributed by atoms with E-state index in [1.165, 1.54) is 43.5 Å². The molecule has 6 nitrogen and oxygen atoms in total. The maximum Gasteiger partial charge on any atom is 0.268 e. The number of carbonyl (C=O) groups excluding carboxylic acids is 1. The van der Waals surface area contributed by atoms with Crippen LogP contribution in [-0.2, 0) is 14.8 Å². The van der Waals surface area contributed by atoms with Gasteiger partial charge < -0.3 is 10.1 Å². The lowest BCUT2D eigenvalue weighted by Crippen LogP contribution is -2.38.